The van der Waals surface area contributed by atoms with Crippen molar-refractivity contribution in [2.75, 3.05) is 5.32 Å². The molecule has 0 spiro atoms. The number of benzene rings is 1. The number of alkyl halides is 3. The van der Waals surface area contributed by atoms with Gasteiger partial charge in [-0.3, -0.25) is 4.79 Å². The monoisotopic (exact) mass is 269 g/mol. The molecule has 0 saturated carbocycles. The summed E-state index contributed by atoms with van der Waals surface area (Å²) >= 11 is 0. The number of amides is 1. The molecule has 5 heteroatoms. The lowest BCUT2D eigenvalue weighted by Crippen LogP contribution is -2.23. The molecule has 1 aliphatic rings. The molecule has 1 atom stereocenters. The Morgan fingerprint density at radius 1 is 1.16 bits per heavy atom. The predicted octanol–water partition coefficient (Wildman–Crippen LogP) is 4.00. The molecule has 0 radical (unpaired) electrons. The van der Waals surface area contributed by atoms with Crippen LogP contribution in [-0.4, -0.2) is 5.91 Å². The molecule has 1 N–H and O–H groups in total. The third kappa shape index (κ3) is 3.59. The highest BCUT2D eigenvalue weighted by atomic mass is 19.4. The highest BCUT2D eigenvalue weighted by Crippen LogP contribution is 2.30. The third-order valence-corrected chi connectivity index (χ3v) is 3.12. The Labute approximate surface area is 109 Å². The summed E-state index contributed by atoms with van der Waals surface area (Å²) in [5.74, 6) is -0.226. The summed E-state index contributed by atoms with van der Waals surface area (Å²) in [6.07, 6.45) is 1.97. The van der Waals surface area contributed by atoms with Gasteiger partial charge in [0.25, 0.3) is 0 Å². The fourth-order valence-electron chi connectivity index (χ4n) is 2.02. The normalized spacial score (nSPS) is 19.2. The Kier molecular flexibility index (Phi) is 3.93. The Morgan fingerprint density at radius 3 is 2.37 bits per heavy atom. The van der Waals surface area contributed by atoms with E-state index in [4.69, 9.17) is 0 Å². The van der Waals surface area contributed by atoms with Crippen LogP contribution in [0.3, 0.4) is 0 Å². The topological polar surface area (TPSA) is 29.1 Å². The fraction of sp³-hybridized carbons (Fsp3) is 0.357. The lowest BCUT2D eigenvalue weighted by Gasteiger charge is -2.17. The molecule has 1 amide bonds. The molecule has 0 aliphatic heterocycles. The first kappa shape index (κ1) is 13.6. The van der Waals surface area contributed by atoms with E-state index in [0.717, 1.165) is 25.0 Å². The second-order valence-electron chi connectivity index (χ2n) is 4.55. The molecule has 0 unspecified atom stereocenters. The minimum atomic E-state index is -4.35. The van der Waals surface area contributed by atoms with Crippen LogP contribution in [0.15, 0.2) is 36.4 Å². The number of allylic oxidation sites excluding steroid dienone is 2. The molecule has 102 valence electrons. The Hall–Kier alpha value is -1.78. The van der Waals surface area contributed by atoms with Crippen molar-refractivity contribution in [3.05, 3.63) is 42.0 Å². The van der Waals surface area contributed by atoms with E-state index < -0.39 is 11.7 Å². The van der Waals surface area contributed by atoms with Crippen molar-refractivity contribution in [2.24, 2.45) is 5.92 Å². The van der Waals surface area contributed by atoms with Gasteiger partial charge < -0.3 is 5.32 Å². The van der Waals surface area contributed by atoms with Gasteiger partial charge >= 0.3 is 6.18 Å². The zero-order valence-corrected chi connectivity index (χ0v) is 10.2. The second-order valence-corrected chi connectivity index (χ2v) is 4.55. The van der Waals surface area contributed by atoms with Crippen molar-refractivity contribution < 1.29 is 18.0 Å². The minimum absolute atomic E-state index is 0.0905. The van der Waals surface area contributed by atoms with Crippen LogP contribution in [0.2, 0.25) is 0 Å². The van der Waals surface area contributed by atoms with Crippen LogP contribution in [0.25, 0.3) is 0 Å². The molecular weight excluding hydrogens is 255 g/mol. The zero-order valence-electron chi connectivity index (χ0n) is 10.2. The molecule has 1 aromatic carbocycles. The molecule has 0 heterocycles. The number of carbonyl (C=O) groups excluding carboxylic acids is 1. The molecule has 2 nitrogen and oxygen atoms in total. The maximum absolute atomic E-state index is 12.4. The summed E-state index contributed by atoms with van der Waals surface area (Å²) in [6.45, 7) is 0. The van der Waals surface area contributed by atoms with Crippen molar-refractivity contribution >= 4 is 11.6 Å². The van der Waals surface area contributed by atoms with Crippen molar-refractivity contribution in [3.8, 4) is 0 Å². The van der Waals surface area contributed by atoms with Gasteiger partial charge in [0.1, 0.15) is 0 Å². The van der Waals surface area contributed by atoms with Gasteiger partial charge in [-0.1, -0.05) is 12.2 Å². The van der Waals surface area contributed by atoms with E-state index in [1.165, 1.54) is 12.1 Å². The number of carbonyl (C=O) groups is 1. The highest BCUT2D eigenvalue weighted by molar-refractivity contribution is 5.92. The van der Waals surface area contributed by atoms with E-state index in [9.17, 15) is 18.0 Å². The number of halogens is 3. The van der Waals surface area contributed by atoms with E-state index in [1.807, 2.05) is 12.2 Å². The smallest absolute Gasteiger partial charge is 0.326 e. The van der Waals surface area contributed by atoms with Gasteiger partial charge in [0.15, 0.2) is 0 Å². The molecular formula is C14H14F3NO. The first-order chi connectivity index (χ1) is 8.97. The second kappa shape index (κ2) is 5.47. The fourth-order valence-corrected chi connectivity index (χ4v) is 2.02. The first-order valence-corrected chi connectivity index (χ1v) is 6.10. The van der Waals surface area contributed by atoms with Crippen LogP contribution in [0, 0.1) is 5.92 Å². The number of nitrogens with one attached hydrogen (secondary N) is 1. The number of hydrogen-bond acceptors (Lipinski definition) is 1. The molecule has 0 bridgehead atoms. The maximum Gasteiger partial charge on any atom is 0.416 e. The molecule has 0 aromatic heterocycles. The van der Waals surface area contributed by atoms with Crippen LogP contribution in [0.4, 0.5) is 18.9 Å². The van der Waals surface area contributed by atoms with Crippen LogP contribution < -0.4 is 5.32 Å². The molecule has 1 aromatic rings. The third-order valence-electron chi connectivity index (χ3n) is 3.12. The average Bonchev–Trinajstić information content (AvgIpc) is 2.39. The van der Waals surface area contributed by atoms with E-state index in [1.54, 1.807) is 0 Å². The summed E-state index contributed by atoms with van der Waals surface area (Å²) in [4.78, 5) is 11.9. The highest BCUT2D eigenvalue weighted by Gasteiger charge is 2.30. The van der Waals surface area contributed by atoms with Crippen molar-refractivity contribution in [3.63, 3.8) is 0 Å². The summed E-state index contributed by atoms with van der Waals surface area (Å²) in [7, 11) is 0. The predicted molar refractivity (Wildman–Crippen MR) is 66.6 cm³/mol. The molecule has 1 aliphatic carbocycles. The maximum atomic E-state index is 12.4. The van der Waals surface area contributed by atoms with Gasteiger partial charge in [0.05, 0.1) is 5.56 Å². The van der Waals surface area contributed by atoms with Crippen molar-refractivity contribution in [1.29, 1.82) is 0 Å². The van der Waals surface area contributed by atoms with Crippen LogP contribution >= 0.6 is 0 Å². The minimum Gasteiger partial charge on any atom is -0.326 e. The van der Waals surface area contributed by atoms with Gasteiger partial charge in [-0.25, -0.2) is 0 Å². The van der Waals surface area contributed by atoms with Crippen molar-refractivity contribution in [2.45, 2.75) is 25.4 Å². The van der Waals surface area contributed by atoms with Gasteiger partial charge in [-0.15, -0.1) is 0 Å². The lowest BCUT2D eigenvalue weighted by molar-refractivity contribution is -0.137. The van der Waals surface area contributed by atoms with Crippen molar-refractivity contribution in [1.82, 2.24) is 0 Å². The summed E-state index contributed by atoms with van der Waals surface area (Å²) < 4.78 is 37.1. The Bertz CT molecular complexity index is 476. The van der Waals surface area contributed by atoms with Crippen LogP contribution in [0.5, 0.6) is 0 Å². The number of hydrogen-bond donors (Lipinski definition) is 1. The molecule has 0 saturated heterocycles. The average molecular weight is 269 g/mol. The lowest BCUT2D eigenvalue weighted by atomic mass is 9.93. The quantitative estimate of drug-likeness (QED) is 0.808. The molecule has 0 fully saturated rings. The van der Waals surface area contributed by atoms with E-state index in [2.05, 4.69) is 5.32 Å². The van der Waals surface area contributed by atoms with E-state index in [-0.39, 0.29) is 11.8 Å². The van der Waals surface area contributed by atoms with Crippen LogP contribution in [0.1, 0.15) is 24.8 Å². The Balaban J connectivity index is 1.99. The van der Waals surface area contributed by atoms with Gasteiger partial charge in [0.2, 0.25) is 5.91 Å². The SMILES string of the molecule is O=C(Nc1ccc(C(F)(F)F)cc1)[C@@H]1CC=CCC1. The Morgan fingerprint density at radius 2 is 1.84 bits per heavy atom. The number of anilines is 1. The van der Waals surface area contributed by atoms with Gasteiger partial charge in [-0.05, 0) is 43.5 Å². The molecule has 2 rings (SSSR count). The van der Waals surface area contributed by atoms with E-state index >= 15 is 0 Å². The number of rotatable bonds is 2. The first-order valence-electron chi connectivity index (χ1n) is 6.10. The molecule has 19 heavy (non-hydrogen) atoms. The summed E-state index contributed by atoms with van der Waals surface area (Å²) in [5, 5.41) is 2.65. The largest absolute Gasteiger partial charge is 0.416 e. The zero-order chi connectivity index (χ0) is 13.9. The summed E-state index contributed by atoms with van der Waals surface area (Å²) in [6, 6.07) is 4.49. The van der Waals surface area contributed by atoms with E-state index in [0.29, 0.717) is 12.1 Å². The van der Waals surface area contributed by atoms with Gasteiger partial charge in [-0.2, -0.15) is 13.2 Å². The summed E-state index contributed by atoms with van der Waals surface area (Å²) in [5.41, 5.74) is -0.321. The van der Waals surface area contributed by atoms with Crippen LogP contribution in [-0.2, 0) is 11.0 Å². The van der Waals surface area contributed by atoms with Gasteiger partial charge in [0, 0.05) is 11.6 Å². The standard InChI is InChI=1S/C14H14F3NO/c15-14(16,17)11-6-8-12(9-7-11)18-13(19)10-4-2-1-3-5-10/h1-2,6-10H,3-5H2,(H,18,19)/t10-/m1/s1.